The van der Waals surface area contributed by atoms with Crippen LogP contribution < -0.4 is 5.73 Å². The molecule has 1 saturated heterocycles. The van der Waals surface area contributed by atoms with Crippen LogP contribution in [0.3, 0.4) is 0 Å². The summed E-state index contributed by atoms with van der Waals surface area (Å²) in [5.74, 6) is 0.979. The van der Waals surface area contributed by atoms with Gasteiger partial charge in [-0.25, -0.2) is 0 Å². The van der Waals surface area contributed by atoms with E-state index in [1.807, 2.05) is 28.9 Å². The van der Waals surface area contributed by atoms with E-state index >= 15 is 0 Å². The number of anilines is 1. The first-order valence-electron chi connectivity index (χ1n) is 9.29. The molecule has 1 aliphatic carbocycles. The van der Waals surface area contributed by atoms with E-state index in [4.69, 9.17) is 10.5 Å². The summed E-state index contributed by atoms with van der Waals surface area (Å²) in [7, 11) is 1.70. The topological polar surface area (TPSA) is 91.2 Å². The second-order valence-electron chi connectivity index (χ2n) is 7.23. The molecule has 140 valence electrons. The molecule has 0 spiro atoms. The van der Waals surface area contributed by atoms with Crippen molar-refractivity contribution in [1.82, 2.24) is 24.5 Å². The van der Waals surface area contributed by atoms with Crippen LogP contribution in [0.1, 0.15) is 48.2 Å². The standard InChI is InChI=1S/C18H26N6O2/c1-3-22-11-15(17(21-22)12-4-5-12)18(25)24-10-14(26-2)8-13(24)9-23-7-6-16(19)20-23/h6-7,11-14H,3-5,8-10H2,1-2H3,(H2,19,20)/t13-,14+/m0/s1. The zero-order chi connectivity index (χ0) is 18.3. The molecule has 0 aromatic carbocycles. The highest BCUT2D eigenvalue weighted by Crippen LogP contribution is 2.41. The zero-order valence-corrected chi connectivity index (χ0v) is 15.3. The average molecular weight is 358 g/mol. The molecule has 26 heavy (non-hydrogen) atoms. The molecule has 4 rings (SSSR count). The lowest BCUT2D eigenvalue weighted by Gasteiger charge is -2.24. The van der Waals surface area contributed by atoms with Gasteiger partial charge in [0.05, 0.1) is 29.9 Å². The second-order valence-corrected chi connectivity index (χ2v) is 7.23. The highest BCUT2D eigenvalue weighted by molar-refractivity contribution is 5.96. The number of aryl methyl sites for hydroxylation is 1. The molecule has 0 unspecified atom stereocenters. The highest BCUT2D eigenvalue weighted by Gasteiger charge is 2.39. The largest absolute Gasteiger partial charge is 0.382 e. The van der Waals surface area contributed by atoms with Gasteiger partial charge >= 0.3 is 0 Å². The number of hydrogen-bond acceptors (Lipinski definition) is 5. The number of amides is 1. The fraction of sp³-hybridized carbons (Fsp3) is 0.611. The number of carbonyl (C=O) groups excluding carboxylic acids is 1. The van der Waals surface area contributed by atoms with Gasteiger partial charge in [0, 0.05) is 38.5 Å². The Morgan fingerprint density at radius 1 is 1.35 bits per heavy atom. The molecule has 2 N–H and O–H groups in total. The molecule has 0 bridgehead atoms. The zero-order valence-electron chi connectivity index (χ0n) is 15.3. The van der Waals surface area contributed by atoms with Crippen molar-refractivity contribution in [1.29, 1.82) is 0 Å². The third kappa shape index (κ3) is 3.21. The fourth-order valence-corrected chi connectivity index (χ4v) is 3.74. The minimum absolute atomic E-state index is 0.0313. The number of carbonyl (C=O) groups is 1. The molecule has 8 heteroatoms. The van der Waals surface area contributed by atoms with E-state index in [1.165, 1.54) is 0 Å². The Hall–Kier alpha value is -2.35. The summed E-state index contributed by atoms with van der Waals surface area (Å²) in [4.78, 5) is 15.3. The maximum absolute atomic E-state index is 13.4. The number of nitrogen functional groups attached to an aromatic ring is 1. The molecule has 2 atom stereocenters. The first-order chi connectivity index (χ1) is 12.6. The van der Waals surface area contributed by atoms with E-state index in [1.54, 1.807) is 17.9 Å². The Bertz CT molecular complexity index is 793. The van der Waals surface area contributed by atoms with Gasteiger partial charge in [0.2, 0.25) is 0 Å². The van der Waals surface area contributed by atoms with Crippen LogP contribution >= 0.6 is 0 Å². The van der Waals surface area contributed by atoms with Crippen LogP contribution in [-0.4, -0.2) is 56.2 Å². The van der Waals surface area contributed by atoms with Crippen LogP contribution in [0.2, 0.25) is 0 Å². The first-order valence-corrected chi connectivity index (χ1v) is 9.29. The van der Waals surface area contributed by atoms with Gasteiger partial charge < -0.3 is 15.4 Å². The molecule has 2 aromatic rings. The Morgan fingerprint density at radius 3 is 2.77 bits per heavy atom. The van der Waals surface area contributed by atoms with E-state index in [-0.39, 0.29) is 18.1 Å². The quantitative estimate of drug-likeness (QED) is 0.845. The Morgan fingerprint density at radius 2 is 2.15 bits per heavy atom. The Labute approximate surface area is 152 Å². The summed E-state index contributed by atoms with van der Waals surface area (Å²) in [5, 5.41) is 8.90. The van der Waals surface area contributed by atoms with E-state index in [0.29, 0.717) is 24.8 Å². The number of aromatic nitrogens is 4. The number of methoxy groups -OCH3 is 1. The Kier molecular flexibility index (Phi) is 4.44. The lowest BCUT2D eigenvalue weighted by atomic mass is 10.1. The lowest BCUT2D eigenvalue weighted by Crippen LogP contribution is -2.38. The molecule has 2 aromatic heterocycles. The number of likely N-dealkylation sites (tertiary alicyclic amines) is 1. The van der Waals surface area contributed by atoms with Crippen molar-refractivity contribution >= 4 is 11.7 Å². The van der Waals surface area contributed by atoms with Crippen LogP contribution in [0, 0.1) is 0 Å². The SMILES string of the molecule is CCn1cc(C(=O)N2C[C@H](OC)C[C@H]2Cn2ccc(N)n2)c(C2CC2)n1. The van der Waals surface area contributed by atoms with E-state index in [2.05, 4.69) is 10.2 Å². The molecular weight excluding hydrogens is 332 g/mol. The Balaban J connectivity index is 1.59. The molecular formula is C18H26N6O2. The van der Waals surface area contributed by atoms with Gasteiger partial charge in [-0.2, -0.15) is 10.2 Å². The van der Waals surface area contributed by atoms with Gasteiger partial charge in [-0.3, -0.25) is 14.2 Å². The summed E-state index contributed by atoms with van der Waals surface area (Å²) in [6.45, 7) is 4.02. The molecule has 2 fully saturated rings. The van der Waals surface area contributed by atoms with Crippen molar-refractivity contribution in [3.05, 3.63) is 29.7 Å². The fourth-order valence-electron chi connectivity index (χ4n) is 3.74. The minimum atomic E-state index is 0.0313. The molecule has 1 aliphatic heterocycles. The number of hydrogen-bond donors (Lipinski definition) is 1. The molecule has 8 nitrogen and oxygen atoms in total. The number of rotatable bonds is 6. The molecule has 1 saturated carbocycles. The molecule has 0 radical (unpaired) electrons. The van der Waals surface area contributed by atoms with Crippen LogP contribution in [0.4, 0.5) is 5.82 Å². The number of nitrogens with zero attached hydrogens (tertiary/aromatic N) is 5. The van der Waals surface area contributed by atoms with Crippen molar-refractivity contribution in [2.75, 3.05) is 19.4 Å². The molecule has 1 amide bonds. The summed E-state index contributed by atoms with van der Waals surface area (Å²) < 4.78 is 9.22. The molecule has 2 aliphatic rings. The van der Waals surface area contributed by atoms with Crippen molar-refractivity contribution in [2.24, 2.45) is 0 Å². The maximum atomic E-state index is 13.4. The van der Waals surface area contributed by atoms with Crippen LogP contribution in [0.15, 0.2) is 18.5 Å². The molecule has 3 heterocycles. The van der Waals surface area contributed by atoms with E-state index < -0.39 is 0 Å². The summed E-state index contributed by atoms with van der Waals surface area (Å²) in [5.41, 5.74) is 7.43. The smallest absolute Gasteiger partial charge is 0.257 e. The van der Waals surface area contributed by atoms with Gasteiger partial charge in [-0.15, -0.1) is 0 Å². The van der Waals surface area contributed by atoms with Crippen LogP contribution in [0.25, 0.3) is 0 Å². The third-order valence-corrected chi connectivity index (χ3v) is 5.34. The minimum Gasteiger partial charge on any atom is -0.382 e. The number of nitrogens with two attached hydrogens (primary N) is 1. The van der Waals surface area contributed by atoms with Gasteiger partial charge in [0.25, 0.3) is 5.91 Å². The summed E-state index contributed by atoms with van der Waals surface area (Å²) >= 11 is 0. The van der Waals surface area contributed by atoms with Crippen LogP contribution in [0.5, 0.6) is 0 Å². The van der Waals surface area contributed by atoms with E-state index in [0.717, 1.165) is 37.1 Å². The van der Waals surface area contributed by atoms with Crippen molar-refractivity contribution in [3.63, 3.8) is 0 Å². The van der Waals surface area contributed by atoms with Crippen molar-refractivity contribution in [3.8, 4) is 0 Å². The van der Waals surface area contributed by atoms with Gasteiger partial charge in [0.15, 0.2) is 0 Å². The lowest BCUT2D eigenvalue weighted by molar-refractivity contribution is 0.0677. The normalized spacial score (nSPS) is 22.9. The van der Waals surface area contributed by atoms with Gasteiger partial charge in [0.1, 0.15) is 5.82 Å². The van der Waals surface area contributed by atoms with Crippen molar-refractivity contribution in [2.45, 2.75) is 57.3 Å². The predicted octanol–water partition coefficient (Wildman–Crippen LogP) is 1.49. The predicted molar refractivity (Wildman–Crippen MR) is 96.8 cm³/mol. The van der Waals surface area contributed by atoms with Crippen LogP contribution in [-0.2, 0) is 17.8 Å². The third-order valence-electron chi connectivity index (χ3n) is 5.34. The first kappa shape index (κ1) is 17.1. The average Bonchev–Trinajstić information content (AvgIpc) is 3.07. The summed E-state index contributed by atoms with van der Waals surface area (Å²) in [6, 6.07) is 1.80. The summed E-state index contributed by atoms with van der Waals surface area (Å²) in [6.07, 6.45) is 6.84. The maximum Gasteiger partial charge on any atom is 0.257 e. The van der Waals surface area contributed by atoms with Gasteiger partial charge in [-0.05, 0) is 32.3 Å². The monoisotopic (exact) mass is 358 g/mol. The van der Waals surface area contributed by atoms with E-state index in [9.17, 15) is 4.79 Å². The van der Waals surface area contributed by atoms with Gasteiger partial charge in [-0.1, -0.05) is 0 Å². The highest BCUT2D eigenvalue weighted by atomic mass is 16.5. The number of ether oxygens (including phenoxy) is 1. The second kappa shape index (κ2) is 6.75. The van der Waals surface area contributed by atoms with Crippen molar-refractivity contribution < 1.29 is 9.53 Å².